The fourth-order valence-corrected chi connectivity index (χ4v) is 1.98. The SMILES string of the molecule is COCCC(C)NCC1(CO)CCOCC1. The molecule has 1 aliphatic rings. The van der Waals surface area contributed by atoms with Crippen molar-refractivity contribution in [2.45, 2.75) is 32.2 Å². The molecule has 4 nitrogen and oxygen atoms in total. The van der Waals surface area contributed by atoms with E-state index in [0.29, 0.717) is 6.04 Å². The van der Waals surface area contributed by atoms with Gasteiger partial charge in [0.25, 0.3) is 0 Å². The standard InChI is InChI=1S/C12H25NO3/c1-11(3-6-15-2)13-9-12(10-14)4-7-16-8-5-12/h11,13-14H,3-10H2,1-2H3. The van der Waals surface area contributed by atoms with E-state index in [9.17, 15) is 5.11 Å². The Bertz CT molecular complexity index is 181. The highest BCUT2D eigenvalue weighted by molar-refractivity contribution is 4.84. The Hall–Kier alpha value is -0.160. The highest BCUT2D eigenvalue weighted by atomic mass is 16.5. The number of nitrogens with one attached hydrogen (secondary N) is 1. The number of hydrogen-bond acceptors (Lipinski definition) is 4. The molecule has 0 spiro atoms. The van der Waals surface area contributed by atoms with Crippen molar-refractivity contribution in [1.29, 1.82) is 0 Å². The summed E-state index contributed by atoms with van der Waals surface area (Å²) >= 11 is 0. The molecule has 4 heteroatoms. The first kappa shape index (κ1) is 13.9. The van der Waals surface area contributed by atoms with Gasteiger partial charge in [0.1, 0.15) is 0 Å². The highest BCUT2D eigenvalue weighted by Gasteiger charge is 2.31. The molecule has 0 bridgehead atoms. The number of aliphatic hydroxyl groups excluding tert-OH is 1. The first-order chi connectivity index (χ1) is 7.72. The maximum atomic E-state index is 9.51. The van der Waals surface area contributed by atoms with Gasteiger partial charge in [-0.25, -0.2) is 0 Å². The van der Waals surface area contributed by atoms with Gasteiger partial charge in [-0.3, -0.25) is 0 Å². The molecule has 96 valence electrons. The summed E-state index contributed by atoms with van der Waals surface area (Å²) in [4.78, 5) is 0. The van der Waals surface area contributed by atoms with Crippen molar-refractivity contribution in [3.05, 3.63) is 0 Å². The zero-order chi connectivity index (χ0) is 11.9. The second-order valence-corrected chi connectivity index (χ2v) is 4.83. The molecular formula is C12H25NO3. The maximum absolute atomic E-state index is 9.51. The lowest BCUT2D eigenvalue weighted by Gasteiger charge is -2.36. The molecule has 0 amide bonds. The van der Waals surface area contributed by atoms with Gasteiger partial charge in [-0.05, 0) is 26.2 Å². The lowest BCUT2D eigenvalue weighted by atomic mass is 9.81. The quantitative estimate of drug-likeness (QED) is 0.680. The van der Waals surface area contributed by atoms with Crippen LogP contribution in [0.5, 0.6) is 0 Å². The van der Waals surface area contributed by atoms with Gasteiger partial charge in [0.15, 0.2) is 0 Å². The van der Waals surface area contributed by atoms with Gasteiger partial charge in [0.2, 0.25) is 0 Å². The number of methoxy groups -OCH3 is 1. The third-order valence-corrected chi connectivity index (χ3v) is 3.47. The fourth-order valence-electron chi connectivity index (χ4n) is 1.98. The molecule has 0 aromatic carbocycles. The Labute approximate surface area is 98.3 Å². The monoisotopic (exact) mass is 231 g/mol. The molecule has 0 radical (unpaired) electrons. The molecule has 0 aromatic rings. The zero-order valence-electron chi connectivity index (χ0n) is 10.5. The third-order valence-electron chi connectivity index (χ3n) is 3.47. The van der Waals surface area contributed by atoms with Gasteiger partial charge >= 0.3 is 0 Å². The molecule has 2 N–H and O–H groups in total. The van der Waals surface area contributed by atoms with Gasteiger partial charge in [-0.1, -0.05) is 0 Å². The van der Waals surface area contributed by atoms with E-state index in [2.05, 4.69) is 12.2 Å². The molecule has 1 unspecified atom stereocenters. The van der Waals surface area contributed by atoms with Gasteiger partial charge in [-0.15, -0.1) is 0 Å². The Morgan fingerprint density at radius 3 is 2.69 bits per heavy atom. The highest BCUT2D eigenvalue weighted by Crippen LogP contribution is 2.29. The fraction of sp³-hybridized carbons (Fsp3) is 1.00. The minimum Gasteiger partial charge on any atom is -0.396 e. The van der Waals surface area contributed by atoms with Crippen LogP contribution in [0.15, 0.2) is 0 Å². The van der Waals surface area contributed by atoms with Gasteiger partial charge < -0.3 is 19.9 Å². The predicted molar refractivity (Wildman–Crippen MR) is 63.5 cm³/mol. The van der Waals surface area contributed by atoms with Crippen molar-refractivity contribution in [1.82, 2.24) is 5.32 Å². The minimum absolute atomic E-state index is 0.0274. The van der Waals surface area contributed by atoms with Crippen LogP contribution in [0.25, 0.3) is 0 Å². The smallest absolute Gasteiger partial charge is 0.0501 e. The molecule has 1 saturated heterocycles. The predicted octanol–water partition coefficient (Wildman–Crippen LogP) is 0.790. The van der Waals surface area contributed by atoms with E-state index in [-0.39, 0.29) is 12.0 Å². The van der Waals surface area contributed by atoms with E-state index < -0.39 is 0 Å². The van der Waals surface area contributed by atoms with Crippen LogP contribution in [-0.2, 0) is 9.47 Å². The van der Waals surface area contributed by atoms with E-state index in [1.54, 1.807) is 7.11 Å². The van der Waals surface area contributed by atoms with Crippen LogP contribution in [0.3, 0.4) is 0 Å². The second kappa shape index (κ2) is 7.22. The number of aliphatic hydroxyl groups is 1. The summed E-state index contributed by atoms with van der Waals surface area (Å²) in [5.41, 5.74) is 0.0274. The van der Waals surface area contributed by atoms with E-state index in [1.807, 2.05) is 0 Å². The Balaban J connectivity index is 2.27. The number of rotatable bonds is 7. The molecule has 1 rings (SSSR count). The summed E-state index contributed by atoms with van der Waals surface area (Å²) < 4.78 is 10.4. The molecule has 1 atom stereocenters. The van der Waals surface area contributed by atoms with Crippen LogP contribution < -0.4 is 5.32 Å². The lowest BCUT2D eigenvalue weighted by molar-refractivity contribution is -0.0166. The zero-order valence-corrected chi connectivity index (χ0v) is 10.5. The van der Waals surface area contributed by atoms with Crippen LogP contribution >= 0.6 is 0 Å². The average molecular weight is 231 g/mol. The van der Waals surface area contributed by atoms with Gasteiger partial charge in [0.05, 0.1) is 6.61 Å². The Morgan fingerprint density at radius 1 is 1.44 bits per heavy atom. The van der Waals surface area contributed by atoms with Crippen molar-refractivity contribution >= 4 is 0 Å². The summed E-state index contributed by atoms with van der Waals surface area (Å²) in [6, 6.07) is 0.436. The first-order valence-corrected chi connectivity index (χ1v) is 6.13. The van der Waals surface area contributed by atoms with Crippen LogP contribution in [0.1, 0.15) is 26.2 Å². The van der Waals surface area contributed by atoms with E-state index in [0.717, 1.165) is 45.6 Å². The molecule has 0 aromatic heterocycles. The largest absolute Gasteiger partial charge is 0.396 e. The van der Waals surface area contributed by atoms with E-state index in [4.69, 9.17) is 9.47 Å². The van der Waals surface area contributed by atoms with E-state index in [1.165, 1.54) is 0 Å². The lowest BCUT2D eigenvalue weighted by Crippen LogP contribution is -2.44. The molecule has 1 fully saturated rings. The van der Waals surface area contributed by atoms with Gasteiger partial charge in [-0.2, -0.15) is 0 Å². The topological polar surface area (TPSA) is 50.7 Å². The summed E-state index contributed by atoms with van der Waals surface area (Å²) in [5.74, 6) is 0. The van der Waals surface area contributed by atoms with Crippen molar-refractivity contribution in [3.8, 4) is 0 Å². The van der Waals surface area contributed by atoms with Crippen LogP contribution in [0, 0.1) is 5.41 Å². The molecule has 1 heterocycles. The van der Waals surface area contributed by atoms with Crippen LogP contribution in [-0.4, -0.2) is 51.2 Å². The summed E-state index contributed by atoms with van der Waals surface area (Å²) in [6.45, 7) is 5.61. The minimum atomic E-state index is 0.0274. The number of hydrogen-bond donors (Lipinski definition) is 2. The first-order valence-electron chi connectivity index (χ1n) is 6.13. The average Bonchev–Trinajstić information content (AvgIpc) is 2.35. The summed E-state index contributed by atoms with van der Waals surface area (Å²) in [5, 5.41) is 13.0. The second-order valence-electron chi connectivity index (χ2n) is 4.83. The normalized spacial score (nSPS) is 21.9. The van der Waals surface area contributed by atoms with E-state index >= 15 is 0 Å². The molecule has 0 saturated carbocycles. The number of ether oxygens (including phenoxy) is 2. The Kier molecular flexibility index (Phi) is 6.28. The molecular weight excluding hydrogens is 206 g/mol. The molecule has 0 aliphatic carbocycles. The van der Waals surface area contributed by atoms with Crippen LogP contribution in [0.4, 0.5) is 0 Å². The summed E-state index contributed by atoms with van der Waals surface area (Å²) in [6.07, 6.45) is 2.91. The summed E-state index contributed by atoms with van der Waals surface area (Å²) in [7, 11) is 1.72. The molecule has 1 aliphatic heterocycles. The third kappa shape index (κ3) is 4.37. The van der Waals surface area contributed by atoms with Crippen molar-refractivity contribution < 1.29 is 14.6 Å². The Morgan fingerprint density at radius 2 is 2.12 bits per heavy atom. The maximum Gasteiger partial charge on any atom is 0.0501 e. The van der Waals surface area contributed by atoms with Crippen molar-refractivity contribution in [2.75, 3.05) is 40.1 Å². The van der Waals surface area contributed by atoms with Crippen molar-refractivity contribution in [2.24, 2.45) is 5.41 Å². The van der Waals surface area contributed by atoms with Crippen molar-refractivity contribution in [3.63, 3.8) is 0 Å². The molecule has 16 heavy (non-hydrogen) atoms. The van der Waals surface area contributed by atoms with Crippen LogP contribution in [0.2, 0.25) is 0 Å². The van der Waals surface area contributed by atoms with Gasteiger partial charge in [0, 0.05) is 44.9 Å².